The van der Waals surface area contributed by atoms with Gasteiger partial charge in [0.1, 0.15) is 12.3 Å². The van der Waals surface area contributed by atoms with Gasteiger partial charge in [-0.3, -0.25) is 19.3 Å². The molecule has 2 amide bonds. The number of hydrogen-bond donors (Lipinski definition) is 0. The van der Waals surface area contributed by atoms with E-state index in [0.717, 1.165) is 16.7 Å². The van der Waals surface area contributed by atoms with Gasteiger partial charge in [0.15, 0.2) is 0 Å². The lowest BCUT2D eigenvalue weighted by Gasteiger charge is -2.09. The normalized spacial score (nSPS) is 15.0. The first-order valence-electron chi connectivity index (χ1n) is 8.17. The minimum absolute atomic E-state index is 0.167. The summed E-state index contributed by atoms with van der Waals surface area (Å²) in [6, 6.07) is 15.1. The number of benzene rings is 2. The fourth-order valence-corrected chi connectivity index (χ4v) is 3.23. The Morgan fingerprint density at radius 3 is 2.54 bits per heavy atom. The molecule has 8 heteroatoms. The molecule has 7 nitrogen and oxygen atoms in total. The topological polar surface area (TPSA) is 90.0 Å². The molecule has 1 aliphatic heterocycles. The number of ether oxygens (including phenoxy) is 2. The minimum atomic E-state index is -0.682. The van der Waals surface area contributed by atoms with E-state index >= 15 is 0 Å². The second-order valence-electron chi connectivity index (χ2n) is 5.67. The van der Waals surface area contributed by atoms with E-state index in [4.69, 9.17) is 4.74 Å². The van der Waals surface area contributed by atoms with E-state index in [0.29, 0.717) is 16.9 Å². The molecule has 3 rings (SSSR count). The largest absolute Gasteiger partial charge is 0.468 e. The third-order valence-electron chi connectivity index (χ3n) is 3.76. The number of methoxy groups -OCH3 is 1. The lowest BCUT2D eigenvalue weighted by molar-refractivity contribution is -0.143. The maximum Gasteiger partial charge on any atom is 0.343 e. The van der Waals surface area contributed by atoms with E-state index in [-0.39, 0.29) is 4.91 Å². The molecule has 0 aromatic heterocycles. The number of thioether (sulfide) groups is 1. The number of carbonyl (C=O) groups is 4. The van der Waals surface area contributed by atoms with Gasteiger partial charge in [0, 0.05) is 0 Å². The number of amides is 2. The molecule has 0 saturated carbocycles. The van der Waals surface area contributed by atoms with Crippen LogP contribution in [0.2, 0.25) is 0 Å². The predicted molar refractivity (Wildman–Crippen MR) is 103 cm³/mol. The summed E-state index contributed by atoms with van der Waals surface area (Å²) in [4.78, 5) is 48.8. The number of carbonyl (C=O) groups excluding carboxylic acids is 4. The standard InChI is InChI=1S/C20H15NO6S/c1-26-17(22)12-21-18(23)16(28-20(21)25)11-13-6-5-9-15(10-13)27-19(24)14-7-3-2-4-8-14/h2-11H,12H2,1H3/b16-11-. The molecule has 1 aliphatic rings. The molecule has 0 N–H and O–H groups in total. The lowest BCUT2D eigenvalue weighted by Crippen LogP contribution is -2.34. The number of imide groups is 1. The molecule has 2 aromatic rings. The molecule has 0 spiro atoms. The van der Waals surface area contributed by atoms with Crippen molar-refractivity contribution < 1.29 is 28.7 Å². The van der Waals surface area contributed by atoms with Crippen molar-refractivity contribution in [2.24, 2.45) is 0 Å². The van der Waals surface area contributed by atoms with Crippen molar-refractivity contribution in [1.82, 2.24) is 4.90 Å². The number of hydrogen-bond acceptors (Lipinski definition) is 7. The second kappa shape index (κ2) is 8.53. The Balaban J connectivity index is 1.75. The third kappa shape index (κ3) is 4.47. The Bertz CT molecular complexity index is 970. The second-order valence-corrected chi connectivity index (χ2v) is 6.67. The van der Waals surface area contributed by atoms with Crippen LogP contribution in [0.5, 0.6) is 5.75 Å². The zero-order chi connectivity index (χ0) is 20.1. The van der Waals surface area contributed by atoms with Crippen LogP contribution in [-0.4, -0.2) is 41.6 Å². The molecule has 1 heterocycles. The SMILES string of the molecule is COC(=O)CN1C(=O)S/C(=C\c2cccc(OC(=O)c3ccccc3)c2)C1=O. The first-order valence-corrected chi connectivity index (χ1v) is 8.99. The Kier molecular flexibility index (Phi) is 5.90. The molecule has 1 fully saturated rings. The van der Waals surface area contributed by atoms with Crippen molar-refractivity contribution in [2.75, 3.05) is 13.7 Å². The minimum Gasteiger partial charge on any atom is -0.468 e. The summed E-state index contributed by atoms with van der Waals surface area (Å²) in [5, 5.41) is -0.548. The van der Waals surface area contributed by atoms with Crippen molar-refractivity contribution in [3.05, 3.63) is 70.6 Å². The highest BCUT2D eigenvalue weighted by Gasteiger charge is 2.36. The van der Waals surface area contributed by atoms with Crippen LogP contribution in [-0.2, 0) is 14.3 Å². The summed E-state index contributed by atoms with van der Waals surface area (Å²) >= 11 is 0.729. The van der Waals surface area contributed by atoms with Gasteiger partial charge in [0.05, 0.1) is 17.6 Å². The molecule has 28 heavy (non-hydrogen) atoms. The number of rotatable bonds is 5. The fourth-order valence-electron chi connectivity index (χ4n) is 2.39. The van der Waals surface area contributed by atoms with E-state index in [1.54, 1.807) is 54.6 Å². The quantitative estimate of drug-likeness (QED) is 0.435. The Labute approximate surface area is 164 Å². The average molecular weight is 397 g/mol. The molecule has 0 radical (unpaired) electrons. The van der Waals surface area contributed by atoms with Gasteiger partial charge >= 0.3 is 11.9 Å². The van der Waals surface area contributed by atoms with Crippen LogP contribution in [0, 0.1) is 0 Å². The molecule has 0 unspecified atom stereocenters. The summed E-state index contributed by atoms with van der Waals surface area (Å²) in [6.45, 7) is -0.437. The third-order valence-corrected chi connectivity index (χ3v) is 4.67. The summed E-state index contributed by atoms with van der Waals surface area (Å²) < 4.78 is 9.83. The van der Waals surface area contributed by atoms with Crippen molar-refractivity contribution in [3.63, 3.8) is 0 Å². The highest BCUT2D eigenvalue weighted by Crippen LogP contribution is 2.32. The van der Waals surface area contributed by atoms with E-state index < -0.39 is 29.6 Å². The van der Waals surface area contributed by atoms with Crippen LogP contribution >= 0.6 is 11.8 Å². The van der Waals surface area contributed by atoms with Gasteiger partial charge < -0.3 is 9.47 Å². The van der Waals surface area contributed by atoms with Gasteiger partial charge in [0.25, 0.3) is 11.1 Å². The van der Waals surface area contributed by atoms with Crippen LogP contribution in [0.15, 0.2) is 59.5 Å². The lowest BCUT2D eigenvalue weighted by atomic mass is 10.2. The molecule has 1 saturated heterocycles. The first kappa shape index (κ1) is 19.4. The van der Waals surface area contributed by atoms with Gasteiger partial charge in [-0.25, -0.2) is 4.79 Å². The molecular weight excluding hydrogens is 382 g/mol. The monoisotopic (exact) mass is 397 g/mol. The van der Waals surface area contributed by atoms with Crippen molar-refractivity contribution in [1.29, 1.82) is 0 Å². The van der Waals surface area contributed by atoms with Gasteiger partial charge in [-0.1, -0.05) is 30.3 Å². The van der Waals surface area contributed by atoms with E-state index in [1.165, 1.54) is 13.2 Å². The zero-order valence-corrected chi connectivity index (χ0v) is 15.6. The van der Waals surface area contributed by atoms with Crippen molar-refractivity contribution in [3.8, 4) is 5.75 Å². The molecule has 0 bridgehead atoms. The predicted octanol–water partition coefficient (Wildman–Crippen LogP) is 3.12. The highest BCUT2D eigenvalue weighted by atomic mass is 32.2. The smallest absolute Gasteiger partial charge is 0.343 e. The molecule has 0 atom stereocenters. The number of nitrogens with zero attached hydrogens (tertiary/aromatic N) is 1. The summed E-state index contributed by atoms with van der Waals surface area (Å²) in [6.07, 6.45) is 1.50. The molecule has 0 aliphatic carbocycles. The van der Waals surface area contributed by atoms with Crippen molar-refractivity contribution >= 4 is 40.9 Å². The maximum absolute atomic E-state index is 12.3. The van der Waals surface area contributed by atoms with Crippen LogP contribution < -0.4 is 4.74 Å². The van der Waals surface area contributed by atoms with Gasteiger partial charge in [-0.15, -0.1) is 0 Å². The zero-order valence-electron chi connectivity index (χ0n) is 14.8. The van der Waals surface area contributed by atoms with E-state index in [9.17, 15) is 19.2 Å². The molecule has 142 valence electrons. The van der Waals surface area contributed by atoms with Crippen molar-refractivity contribution in [2.45, 2.75) is 0 Å². The molecule has 2 aromatic carbocycles. The van der Waals surface area contributed by atoms with Crippen LogP contribution in [0.1, 0.15) is 15.9 Å². The van der Waals surface area contributed by atoms with Crippen LogP contribution in [0.4, 0.5) is 4.79 Å². The average Bonchev–Trinajstić information content (AvgIpc) is 2.96. The number of esters is 2. The molecular formula is C20H15NO6S. The van der Waals surface area contributed by atoms with Gasteiger partial charge in [-0.05, 0) is 47.7 Å². The summed E-state index contributed by atoms with van der Waals surface area (Å²) in [5.41, 5.74) is 0.985. The van der Waals surface area contributed by atoms with Crippen LogP contribution in [0.25, 0.3) is 6.08 Å². The summed E-state index contributed by atoms with van der Waals surface area (Å²) in [5.74, 6) is -1.46. The first-order chi connectivity index (χ1) is 13.5. The highest BCUT2D eigenvalue weighted by molar-refractivity contribution is 8.18. The Morgan fingerprint density at radius 1 is 1.07 bits per heavy atom. The van der Waals surface area contributed by atoms with Gasteiger partial charge in [-0.2, -0.15) is 0 Å². The van der Waals surface area contributed by atoms with Crippen LogP contribution in [0.3, 0.4) is 0 Å². The van der Waals surface area contributed by atoms with Gasteiger partial charge in [0.2, 0.25) is 0 Å². The summed E-state index contributed by atoms with van der Waals surface area (Å²) in [7, 11) is 1.18. The fraction of sp³-hybridized carbons (Fsp3) is 0.100. The van der Waals surface area contributed by atoms with E-state index in [1.807, 2.05) is 0 Å². The Hall–Kier alpha value is -3.39. The maximum atomic E-state index is 12.3. The Morgan fingerprint density at radius 2 is 1.82 bits per heavy atom. The van der Waals surface area contributed by atoms with E-state index in [2.05, 4.69) is 4.74 Å².